The first-order valence-electron chi connectivity index (χ1n) is 7.60. The van der Waals surface area contributed by atoms with Crippen LogP contribution in [0.2, 0.25) is 0 Å². The number of hydrogen-bond donors (Lipinski definition) is 2. The number of aliphatic imine (C=N–C) groups is 1. The Morgan fingerprint density at radius 2 is 1.76 bits per heavy atom. The number of benzene rings is 1. The minimum Gasteiger partial charge on any atom is -0.369 e. The van der Waals surface area contributed by atoms with E-state index in [0.29, 0.717) is 5.69 Å². The highest BCUT2D eigenvalue weighted by atomic mass is 19.4. The molecule has 25 heavy (non-hydrogen) atoms. The molecule has 0 unspecified atom stereocenters. The molecule has 0 aliphatic carbocycles. The second-order valence-electron chi connectivity index (χ2n) is 6.61. The van der Waals surface area contributed by atoms with E-state index in [1.165, 1.54) is 18.2 Å². The van der Waals surface area contributed by atoms with E-state index >= 15 is 0 Å². The first kappa shape index (κ1) is 18.7. The summed E-state index contributed by atoms with van der Waals surface area (Å²) in [6, 6.07) is 6.87. The fourth-order valence-corrected chi connectivity index (χ4v) is 2.10. The van der Waals surface area contributed by atoms with Crippen LogP contribution in [0.5, 0.6) is 0 Å². The molecule has 5 nitrogen and oxygen atoms in total. The maximum atomic E-state index is 13.0. The van der Waals surface area contributed by atoms with Crippen LogP contribution >= 0.6 is 0 Å². The van der Waals surface area contributed by atoms with Crippen LogP contribution in [-0.2, 0) is 11.6 Å². The number of halogens is 3. The van der Waals surface area contributed by atoms with Crippen molar-refractivity contribution in [1.82, 2.24) is 9.97 Å². The van der Waals surface area contributed by atoms with Gasteiger partial charge in [-0.05, 0) is 25.1 Å². The molecule has 0 spiro atoms. The van der Waals surface area contributed by atoms with Gasteiger partial charge in [-0.2, -0.15) is 18.2 Å². The Hall–Kier alpha value is -2.64. The number of nitrogens with zero attached hydrogens (tertiary/aromatic N) is 3. The van der Waals surface area contributed by atoms with Gasteiger partial charge in [-0.3, -0.25) is 0 Å². The second kappa shape index (κ2) is 6.70. The summed E-state index contributed by atoms with van der Waals surface area (Å²) in [4.78, 5) is 12.5. The zero-order chi connectivity index (χ0) is 18.8. The van der Waals surface area contributed by atoms with Gasteiger partial charge in [-0.15, -0.1) is 0 Å². The molecule has 1 heterocycles. The molecular weight excluding hydrogens is 331 g/mol. The van der Waals surface area contributed by atoms with Crippen molar-refractivity contribution >= 4 is 17.6 Å². The third-order valence-corrected chi connectivity index (χ3v) is 3.33. The molecule has 2 rings (SSSR count). The van der Waals surface area contributed by atoms with Crippen LogP contribution in [0.15, 0.2) is 35.3 Å². The van der Waals surface area contributed by atoms with Crippen LogP contribution in [0, 0.1) is 6.92 Å². The van der Waals surface area contributed by atoms with Gasteiger partial charge >= 0.3 is 6.18 Å². The van der Waals surface area contributed by atoms with Gasteiger partial charge in [0, 0.05) is 11.1 Å². The minimum absolute atomic E-state index is 0.0967. The molecule has 0 aliphatic heterocycles. The van der Waals surface area contributed by atoms with E-state index < -0.39 is 11.7 Å². The van der Waals surface area contributed by atoms with E-state index in [1.807, 2.05) is 26.8 Å². The monoisotopic (exact) mass is 351 g/mol. The molecule has 134 valence electrons. The highest BCUT2D eigenvalue weighted by Crippen LogP contribution is 2.34. The molecule has 0 radical (unpaired) electrons. The van der Waals surface area contributed by atoms with Crippen molar-refractivity contribution in [2.45, 2.75) is 39.3 Å². The van der Waals surface area contributed by atoms with Crippen LogP contribution in [0.1, 0.15) is 37.7 Å². The van der Waals surface area contributed by atoms with Crippen molar-refractivity contribution in [3.63, 3.8) is 0 Å². The molecule has 0 bridgehead atoms. The van der Waals surface area contributed by atoms with Crippen LogP contribution in [0.25, 0.3) is 0 Å². The molecule has 8 heteroatoms. The highest BCUT2D eigenvalue weighted by molar-refractivity contribution is 5.94. The summed E-state index contributed by atoms with van der Waals surface area (Å²) in [7, 11) is 0. The fourth-order valence-electron chi connectivity index (χ4n) is 2.10. The van der Waals surface area contributed by atoms with Gasteiger partial charge < -0.3 is 11.1 Å². The molecule has 0 aliphatic rings. The number of hydrogen-bond acceptors (Lipinski definition) is 3. The van der Waals surface area contributed by atoms with Crippen LogP contribution in [0.3, 0.4) is 0 Å². The molecule has 2 aromatic rings. The number of guanidine groups is 1. The summed E-state index contributed by atoms with van der Waals surface area (Å²) in [6.07, 6.45) is -4.50. The predicted molar refractivity (Wildman–Crippen MR) is 91.8 cm³/mol. The van der Waals surface area contributed by atoms with E-state index in [9.17, 15) is 13.2 Å². The van der Waals surface area contributed by atoms with Gasteiger partial charge in [0.1, 0.15) is 0 Å². The summed E-state index contributed by atoms with van der Waals surface area (Å²) < 4.78 is 39.1. The number of nitrogens with two attached hydrogens (primary N) is 1. The van der Waals surface area contributed by atoms with Crippen molar-refractivity contribution < 1.29 is 13.2 Å². The van der Waals surface area contributed by atoms with E-state index in [-0.39, 0.29) is 23.0 Å². The Bertz CT molecular complexity index is 792. The van der Waals surface area contributed by atoms with Crippen LogP contribution < -0.4 is 11.1 Å². The molecule has 0 atom stereocenters. The van der Waals surface area contributed by atoms with Gasteiger partial charge in [0.25, 0.3) is 5.95 Å². The SMILES string of the molecule is Cc1cc(C(C)(C)C)nc(/N=C(/N)Nc2ccccc2C(F)(F)F)n1. The molecular formula is C17H20F3N5. The lowest BCUT2D eigenvalue weighted by Gasteiger charge is -2.18. The average Bonchev–Trinajstić information content (AvgIpc) is 2.45. The summed E-state index contributed by atoms with van der Waals surface area (Å²) in [6.45, 7) is 7.76. The number of nitrogens with one attached hydrogen (secondary N) is 1. The largest absolute Gasteiger partial charge is 0.418 e. The number of aryl methyl sites for hydroxylation is 1. The predicted octanol–water partition coefficient (Wildman–Crippen LogP) is 4.16. The number of aromatic nitrogens is 2. The van der Waals surface area contributed by atoms with Gasteiger partial charge in [-0.25, -0.2) is 9.97 Å². The second-order valence-corrected chi connectivity index (χ2v) is 6.61. The van der Waals surface area contributed by atoms with Crippen molar-refractivity contribution in [2.24, 2.45) is 10.7 Å². The highest BCUT2D eigenvalue weighted by Gasteiger charge is 2.33. The fraction of sp³-hybridized carbons (Fsp3) is 0.353. The Morgan fingerprint density at radius 3 is 2.36 bits per heavy atom. The first-order valence-corrected chi connectivity index (χ1v) is 7.60. The molecule has 0 saturated carbocycles. The molecule has 0 saturated heterocycles. The molecule has 1 aromatic carbocycles. The first-order chi connectivity index (χ1) is 11.5. The molecule has 3 N–H and O–H groups in total. The van der Waals surface area contributed by atoms with Gasteiger partial charge in [-0.1, -0.05) is 32.9 Å². The summed E-state index contributed by atoms with van der Waals surface area (Å²) in [5.74, 6) is -0.124. The Balaban J connectivity index is 2.34. The van der Waals surface area contributed by atoms with Crippen molar-refractivity contribution in [2.75, 3.05) is 5.32 Å². The topological polar surface area (TPSA) is 76.2 Å². The molecule has 1 aromatic heterocycles. The maximum absolute atomic E-state index is 13.0. The third kappa shape index (κ3) is 4.91. The summed E-state index contributed by atoms with van der Waals surface area (Å²) >= 11 is 0. The number of para-hydroxylation sites is 1. The Morgan fingerprint density at radius 1 is 1.12 bits per heavy atom. The zero-order valence-electron chi connectivity index (χ0n) is 14.4. The number of anilines is 1. The standard InChI is InChI=1S/C17H20F3N5/c1-10-9-13(16(2,3)4)24-15(22-10)25-14(21)23-12-8-6-5-7-11(12)17(18,19)20/h5-9H,1-4H3,(H3,21,22,23,24,25). The van der Waals surface area contributed by atoms with Crippen LogP contribution in [0.4, 0.5) is 24.8 Å². The molecule has 0 fully saturated rings. The molecule has 0 amide bonds. The average molecular weight is 351 g/mol. The minimum atomic E-state index is -4.50. The van der Waals surface area contributed by atoms with E-state index in [1.54, 1.807) is 6.92 Å². The smallest absolute Gasteiger partial charge is 0.369 e. The van der Waals surface area contributed by atoms with E-state index in [0.717, 1.165) is 11.8 Å². The number of alkyl halides is 3. The summed E-state index contributed by atoms with van der Waals surface area (Å²) in [5, 5.41) is 2.47. The maximum Gasteiger partial charge on any atom is 0.418 e. The quantitative estimate of drug-likeness (QED) is 0.629. The lowest BCUT2D eigenvalue weighted by atomic mass is 9.91. The Labute approximate surface area is 144 Å². The van der Waals surface area contributed by atoms with Crippen molar-refractivity contribution in [1.29, 1.82) is 0 Å². The van der Waals surface area contributed by atoms with E-state index in [4.69, 9.17) is 5.73 Å². The van der Waals surface area contributed by atoms with Crippen molar-refractivity contribution in [3.05, 3.63) is 47.3 Å². The third-order valence-electron chi connectivity index (χ3n) is 3.33. The number of rotatable bonds is 2. The normalized spacial score (nSPS) is 13.0. The van der Waals surface area contributed by atoms with Gasteiger partial charge in [0.05, 0.1) is 16.9 Å². The van der Waals surface area contributed by atoms with Gasteiger partial charge in [0.2, 0.25) is 5.96 Å². The van der Waals surface area contributed by atoms with Crippen LogP contribution in [-0.4, -0.2) is 15.9 Å². The van der Waals surface area contributed by atoms with Crippen molar-refractivity contribution in [3.8, 4) is 0 Å². The van der Waals surface area contributed by atoms with Gasteiger partial charge in [0.15, 0.2) is 0 Å². The lowest BCUT2D eigenvalue weighted by Crippen LogP contribution is -2.24. The van der Waals surface area contributed by atoms with E-state index in [2.05, 4.69) is 20.3 Å². The Kier molecular flexibility index (Phi) is 5.01. The lowest BCUT2D eigenvalue weighted by molar-refractivity contribution is -0.136. The zero-order valence-corrected chi connectivity index (χ0v) is 14.4. The summed E-state index contributed by atoms with van der Waals surface area (Å²) in [5.41, 5.74) is 5.99.